The van der Waals surface area contributed by atoms with Crippen LogP contribution in [-0.2, 0) is 6.54 Å². The molecule has 3 aromatic rings. The standard InChI is InChI=1S/C13H14N6S/c1-9-5-11(14-6-13-16-10(2)7-20-13)3-4-12(9)19-8-15-17-18-19/h3-5,7-8,14H,6H2,1-2H3. The topological polar surface area (TPSA) is 68.5 Å². The van der Waals surface area contributed by atoms with Crippen LogP contribution in [0.1, 0.15) is 16.3 Å². The van der Waals surface area contributed by atoms with Gasteiger partial charge >= 0.3 is 0 Å². The summed E-state index contributed by atoms with van der Waals surface area (Å²) >= 11 is 1.67. The minimum atomic E-state index is 0.738. The molecule has 2 heterocycles. The normalized spacial score (nSPS) is 10.7. The van der Waals surface area contributed by atoms with E-state index in [2.05, 4.69) is 37.3 Å². The molecule has 0 aliphatic carbocycles. The van der Waals surface area contributed by atoms with Gasteiger partial charge in [0.25, 0.3) is 0 Å². The molecule has 0 aliphatic rings. The number of rotatable bonds is 4. The van der Waals surface area contributed by atoms with Crippen molar-refractivity contribution in [1.29, 1.82) is 0 Å². The third kappa shape index (κ3) is 2.67. The lowest BCUT2D eigenvalue weighted by molar-refractivity contribution is 0.785. The zero-order valence-corrected chi connectivity index (χ0v) is 12.1. The highest BCUT2D eigenvalue weighted by Crippen LogP contribution is 2.19. The van der Waals surface area contributed by atoms with Crippen molar-refractivity contribution in [3.05, 3.63) is 46.2 Å². The number of hydrogen-bond acceptors (Lipinski definition) is 6. The molecule has 0 amide bonds. The van der Waals surface area contributed by atoms with Gasteiger partial charge in [-0.1, -0.05) is 0 Å². The number of hydrogen-bond donors (Lipinski definition) is 1. The Morgan fingerprint density at radius 3 is 2.85 bits per heavy atom. The highest BCUT2D eigenvalue weighted by molar-refractivity contribution is 7.09. The molecule has 1 N–H and O–H groups in total. The molecule has 2 aromatic heterocycles. The molecule has 0 unspecified atom stereocenters. The Kier molecular flexibility index (Phi) is 3.42. The molecule has 1 aromatic carbocycles. The number of tetrazole rings is 1. The van der Waals surface area contributed by atoms with Gasteiger partial charge in [-0.3, -0.25) is 0 Å². The summed E-state index contributed by atoms with van der Waals surface area (Å²) in [6, 6.07) is 6.10. The largest absolute Gasteiger partial charge is 0.379 e. The van der Waals surface area contributed by atoms with Crippen LogP contribution in [0.2, 0.25) is 0 Å². The molecule has 102 valence electrons. The molecule has 0 bridgehead atoms. The zero-order valence-electron chi connectivity index (χ0n) is 11.2. The molecule has 0 atom stereocenters. The molecule has 6 nitrogen and oxygen atoms in total. The molecule has 3 rings (SSSR count). The van der Waals surface area contributed by atoms with Crippen molar-refractivity contribution in [2.75, 3.05) is 5.32 Å². The minimum Gasteiger partial charge on any atom is -0.379 e. The molecule has 0 aliphatic heterocycles. The van der Waals surface area contributed by atoms with E-state index in [0.717, 1.165) is 34.2 Å². The van der Waals surface area contributed by atoms with Crippen LogP contribution in [0.5, 0.6) is 0 Å². The van der Waals surface area contributed by atoms with Crippen LogP contribution in [0.25, 0.3) is 5.69 Å². The Bertz CT molecular complexity index is 703. The van der Waals surface area contributed by atoms with E-state index in [9.17, 15) is 0 Å². The van der Waals surface area contributed by atoms with Crippen LogP contribution in [0, 0.1) is 13.8 Å². The van der Waals surface area contributed by atoms with Gasteiger partial charge < -0.3 is 5.32 Å². The molecule has 0 spiro atoms. The van der Waals surface area contributed by atoms with Crippen molar-refractivity contribution < 1.29 is 0 Å². The number of aryl methyl sites for hydroxylation is 2. The summed E-state index contributed by atoms with van der Waals surface area (Å²) in [6.45, 7) is 4.78. The molecule has 0 fully saturated rings. The Labute approximate surface area is 120 Å². The van der Waals surface area contributed by atoms with E-state index in [-0.39, 0.29) is 0 Å². The fourth-order valence-corrected chi connectivity index (χ4v) is 2.67. The lowest BCUT2D eigenvalue weighted by Gasteiger charge is -2.09. The Hall–Kier alpha value is -2.28. The maximum absolute atomic E-state index is 4.43. The average molecular weight is 286 g/mol. The van der Waals surface area contributed by atoms with Crippen LogP contribution < -0.4 is 5.32 Å². The highest BCUT2D eigenvalue weighted by atomic mass is 32.1. The van der Waals surface area contributed by atoms with Gasteiger partial charge in [0.1, 0.15) is 11.3 Å². The fraction of sp³-hybridized carbons (Fsp3) is 0.231. The first-order valence-corrected chi connectivity index (χ1v) is 7.09. The summed E-state index contributed by atoms with van der Waals surface area (Å²) in [5.74, 6) is 0. The Balaban J connectivity index is 1.74. The third-order valence-electron chi connectivity index (χ3n) is 2.90. The Morgan fingerprint density at radius 1 is 1.30 bits per heavy atom. The molecular weight excluding hydrogens is 272 g/mol. The fourth-order valence-electron chi connectivity index (χ4n) is 1.96. The monoisotopic (exact) mass is 286 g/mol. The summed E-state index contributed by atoms with van der Waals surface area (Å²) in [5, 5.41) is 17.7. The summed E-state index contributed by atoms with van der Waals surface area (Å²) in [5.41, 5.74) is 4.22. The van der Waals surface area contributed by atoms with Gasteiger partial charge in [-0.2, -0.15) is 0 Å². The van der Waals surface area contributed by atoms with Crippen LogP contribution in [0.15, 0.2) is 29.9 Å². The van der Waals surface area contributed by atoms with Crippen LogP contribution in [0.3, 0.4) is 0 Å². The SMILES string of the molecule is Cc1csc(CNc2ccc(-n3cnnn3)c(C)c2)n1. The van der Waals surface area contributed by atoms with Crippen molar-refractivity contribution in [3.63, 3.8) is 0 Å². The summed E-state index contributed by atoms with van der Waals surface area (Å²) in [4.78, 5) is 4.43. The molecular formula is C13H14N6S. The first-order chi connectivity index (χ1) is 9.72. The maximum atomic E-state index is 4.43. The van der Waals surface area contributed by atoms with E-state index < -0.39 is 0 Å². The summed E-state index contributed by atoms with van der Waals surface area (Å²) < 4.78 is 1.66. The summed E-state index contributed by atoms with van der Waals surface area (Å²) in [6.07, 6.45) is 1.59. The molecule has 20 heavy (non-hydrogen) atoms. The van der Waals surface area contributed by atoms with E-state index in [1.807, 2.05) is 26.0 Å². The first kappa shape index (κ1) is 12.7. The van der Waals surface area contributed by atoms with Crippen molar-refractivity contribution in [2.24, 2.45) is 0 Å². The quantitative estimate of drug-likeness (QED) is 0.797. The minimum absolute atomic E-state index is 0.738. The second-order valence-corrected chi connectivity index (χ2v) is 5.43. The van der Waals surface area contributed by atoms with Crippen molar-refractivity contribution in [2.45, 2.75) is 20.4 Å². The zero-order chi connectivity index (χ0) is 13.9. The number of thiazole rings is 1. The first-order valence-electron chi connectivity index (χ1n) is 6.21. The van der Waals surface area contributed by atoms with Crippen LogP contribution >= 0.6 is 11.3 Å². The lowest BCUT2D eigenvalue weighted by Crippen LogP contribution is -2.02. The Morgan fingerprint density at radius 2 is 2.20 bits per heavy atom. The second kappa shape index (κ2) is 5.38. The van der Waals surface area contributed by atoms with Crippen molar-refractivity contribution in [1.82, 2.24) is 25.2 Å². The van der Waals surface area contributed by atoms with E-state index in [4.69, 9.17) is 0 Å². The molecule has 0 saturated carbocycles. The van der Waals surface area contributed by atoms with E-state index in [1.54, 1.807) is 22.3 Å². The number of aromatic nitrogens is 5. The van der Waals surface area contributed by atoms with Gasteiger partial charge in [-0.15, -0.1) is 16.4 Å². The van der Waals surface area contributed by atoms with Gasteiger partial charge in [-0.05, 0) is 48.0 Å². The molecule has 0 radical (unpaired) electrons. The maximum Gasteiger partial charge on any atom is 0.143 e. The van der Waals surface area contributed by atoms with Crippen molar-refractivity contribution >= 4 is 17.0 Å². The summed E-state index contributed by atoms with van der Waals surface area (Å²) in [7, 11) is 0. The second-order valence-electron chi connectivity index (χ2n) is 4.49. The van der Waals surface area contributed by atoms with Gasteiger partial charge in [0.2, 0.25) is 0 Å². The number of anilines is 1. The van der Waals surface area contributed by atoms with E-state index in [0.29, 0.717) is 0 Å². The predicted octanol–water partition coefficient (Wildman–Crippen LogP) is 2.35. The third-order valence-corrected chi connectivity index (χ3v) is 3.87. The predicted molar refractivity (Wildman–Crippen MR) is 78.1 cm³/mol. The van der Waals surface area contributed by atoms with Gasteiger partial charge in [0.05, 0.1) is 12.2 Å². The van der Waals surface area contributed by atoms with Gasteiger partial charge in [-0.25, -0.2) is 9.67 Å². The average Bonchev–Trinajstić information content (AvgIpc) is 3.08. The smallest absolute Gasteiger partial charge is 0.143 e. The van der Waals surface area contributed by atoms with Gasteiger partial charge in [0, 0.05) is 16.8 Å². The number of nitrogens with zero attached hydrogens (tertiary/aromatic N) is 5. The van der Waals surface area contributed by atoms with Crippen LogP contribution in [-0.4, -0.2) is 25.2 Å². The lowest BCUT2D eigenvalue weighted by atomic mass is 10.2. The molecule has 7 heteroatoms. The van der Waals surface area contributed by atoms with E-state index >= 15 is 0 Å². The van der Waals surface area contributed by atoms with Crippen LogP contribution in [0.4, 0.5) is 5.69 Å². The van der Waals surface area contributed by atoms with E-state index in [1.165, 1.54) is 0 Å². The van der Waals surface area contributed by atoms with Crippen molar-refractivity contribution in [3.8, 4) is 5.69 Å². The molecule has 0 saturated heterocycles. The van der Waals surface area contributed by atoms with Gasteiger partial charge in [0.15, 0.2) is 0 Å². The number of benzene rings is 1. The number of nitrogens with one attached hydrogen (secondary N) is 1. The highest BCUT2D eigenvalue weighted by Gasteiger charge is 2.04.